The molecular weight excluding hydrogens is 220 g/mol. The highest BCUT2D eigenvalue weighted by molar-refractivity contribution is 7.99. The lowest BCUT2D eigenvalue weighted by atomic mass is 10.5. The zero-order valence-electron chi connectivity index (χ0n) is 10.2. The molecule has 1 aromatic heterocycles. The lowest BCUT2D eigenvalue weighted by molar-refractivity contribution is 0.324. The fourth-order valence-electron chi connectivity index (χ4n) is 1.37. The van der Waals surface area contributed by atoms with Gasteiger partial charge in [-0.1, -0.05) is 13.8 Å². The fraction of sp³-hybridized carbons (Fsp3) is 0.636. The molecule has 0 aliphatic heterocycles. The van der Waals surface area contributed by atoms with Gasteiger partial charge in [-0.3, -0.25) is 0 Å². The highest BCUT2D eigenvalue weighted by Crippen LogP contribution is 2.16. The minimum absolute atomic E-state index is 0.875. The highest BCUT2D eigenvalue weighted by Gasteiger charge is 2.01. The molecule has 1 aromatic rings. The summed E-state index contributed by atoms with van der Waals surface area (Å²) in [4.78, 5) is 10.7. The number of hydrogen-bond acceptors (Lipinski definition) is 5. The van der Waals surface area contributed by atoms with Crippen LogP contribution in [0.3, 0.4) is 0 Å². The largest absolute Gasteiger partial charge is 0.373 e. The monoisotopic (exact) mass is 240 g/mol. The Hall–Kier alpha value is -0.810. The first-order valence-electron chi connectivity index (χ1n) is 5.65. The Labute approximate surface area is 102 Å². The summed E-state index contributed by atoms with van der Waals surface area (Å²) in [5.41, 5.74) is 0. The summed E-state index contributed by atoms with van der Waals surface area (Å²) in [6, 6.07) is 1.98. The van der Waals surface area contributed by atoms with E-state index in [0.717, 1.165) is 36.2 Å². The predicted octanol–water partition coefficient (Wildman–Crippen LogP) is 1.95. The maximum absolute atomic E-state index is 4.23. The molecule has 0 fully saturated rings. The van der Waals surface area contributed by atoms with E-state index in [2.05, 4.69) is 34.0 Å². The van der Waals surface area contributed by atoms with Crippen molar-refractivity contribution in [3.05, 3.63) is 12.4 Å². The standard InChI is InChI=1S/C11H20N4S/c1-4-15(5-2)6-7-16-11-8-10(12-3)13-9-14-11/h8-9H,4-7H2,1-3H3,(H,12,13,14). The van der Waals surface area contributed by atoms with Gasteiger partial charge < -0.3 is 10.2 Å². The first-order valence-corrected chi connectivity index (χ1v) is 6.63. The van der Waals surface area contributed by atoms with Gasteiger partial charge in [0.2, 0.25) is 0 Å². The van der Waals surface area contributed by atoms with Crippen molar-refractivity contribution in [1.82, 2.24) is 14.9 Å². The van der Waals surface area contributed by atoms with E-state index < -0.39 is 0 Å². The number of anilines is 1. The average molecular weight is 240 g/mol. The number of aromatic nitrogens is 2. The van der Waals surface area contributed by atoms with Crippen LogP contribution in [0.5, 0.6) is 0 Å². The topological polar surface area (TPSA) is 41.0 Å². The summed E-state index contributed by atoms with van der Waals surface area (Å²) in [6.45, 7) is 7.72. The third-order valence-corrected chi connectivity index (χ3v) is 3.36. The molecule has 0 aliphatic rings. The van der Waals surface area contributed by atoms with Gasteiger partial charge in [0.05, 0.1) is 0 Å². The van der Waals surface area contributed by atoms with Gasteiger partial charge in [0.25, 0.3) is 0 Å². The van der Waals surface area contributed by atoms with Crippen LogP contribution in [0.2, 0.25) is 0 Å². The van der Waals surface area contributed by atoms with Gasteiger partial charge in [-0.15, -0.1) is 11.8 Å². The molecule has 0 amide bonds. The molecule has 4 nitrogen and oxygen atoms in total. The van der Waals surface area contributed by atoms with Crippen molar-refractivity contribution in [2.75, 3.05) is 37.8 Å². The quantitative estimate of drug-likeness (QED) is 0.583. The maximum atomic E-state index is 4.23. The number of nitrogens with zero attached hydrogens (tertiary/aromatic N) is 3. The molecule has 90 valence electrons. The van der Waals surface area contributed by atoms with Crippen molar-refractivity contribution < 1.29 is 0 Å². The van der Waals surface area contributed by atoms with Crippen LogP contribution in [-0.4, -0.2) is 47.3 Å². The van der Waals surface area contributed by atoms with Crippen LogP contribution < -0.4 is 5.32 Å². The molecular formula is C11H20N4S. The molecule has 0 spiro atoms. The average Bonchev–Trinajstić information content (AvgIpc) is 2.35. The minimum Gasteiger partial charge on any atom is -0.373 e. The van der Waals surface area contributed by atoms with Crippen molar-refractivity contribution in [3.8, 4) is 0 Å². The van der Waals surface area contributed by atoms with Gasteiger partial charge in [-0.25, -0.2) is 9.97 Å². The second kappa shape index (κ2) is 7.46. The summed E-state index contributed by atoms with van der Waals surface area (Å²) in [6.07, 6.45) is 1.60. The summed E-state index contributed by atoms with van der Waals surface area (Å²) in [7, 11) is 1.87. The van der Waals surface area contributed by atoms with Crippen LogP contribution in [0.15, 0.2) is 17.4 Å². The molecule has 0 unspecified atom stereocenters. The summed E-state index contributed by atoms with van der Waals surface area (Å²) >= 11 is 1.78. The van der Waals surface area contributed by atoms with E-state index in [4.69, 9.17) is 0 Å². The van der Waals surface area contributed by atoms with Crippen LogP contribution in [0.25, 0.3) is 0 Å². The number of hydrogen-bond donors (Lipinski definition) is 1. The van der Waals surface area contributed by atoms with E-state index >= 15 is 0 Å². The maximum Gasteiger partial charge on any atom is 0.130 e. The van der Waals surface area contributed by atoms with E-state index in [1.165, 1.54) is 0 Å². The smallest absolute Gasteiger partial charge is 0.130 e. The Kier molecular flexibility index (Phi) is 6.18. The first-order chi connectivity index (χ1) is 7.80. The Morgan fingerprint density at radius 2 is 2.06 bits per heavy atom. The third-order valence-electron chi connectivity index (χ3n) is 2.45. The zero-order chi connectivity index (χ0) is 11.8. The van der Waals surface area contributed by atoms with E-state index in [9.17, 15) is 0 Å². The van der Waals surface area contributed by atoms with Gasteiger partial charge in [0.1, 0.15) is 17.2 Å². The Morgan fingerprint density at radius 1 is 1.31 bits per heavy atom. The van der Waals surface area contributed by atoms with E-state index in [1.54, 1.807) is 18.1 Å². The molecule has 5 heteroatoms. The molecule has 0 aromatic carbocycles. The molecule has 16 heavy (non-hydrogen) atoms. The van der Waals surface area contributed by atoms with E-state index in [0.29, 0.717) is 0 Å². The van der Waals surface area contributed by atoms with Crippen LogP contribution in [0.4, 0.5) is 5.82 Å². The molecule has 0 saturated carbocycles. The molecule has 1 N–H and O–H groups in total. The molecule has 0 aliphatic carbocycles. The predicted molar refractivity (Wildman–Crippen MR) is 70.1 cm³/mol. The third kappa shape index (κ3) is 4.37. The van der Waals surface area contributed by atoms with Crippen molar-refractivity contribution in [2.24, 2.45) is 0 Å². The summed E-state index contributed by atoms with van der Waals surface area (Å²) < 4.78 is 0. The van der Waals surface area contributed by atoms with Gasteiger partial charge in [-0.2, -0.15) is 0 Å². The summed E-state index contributed by atoms with van der Waals surface area (Å²) in [5, 5.41) is 4.05. The SMILES string of the molecule is CCN(CC)CCSc1cc(NC)ncn1. The fourth-order valence-corrected chi connectivity index (χ4v) is 2.25. The van der Waals surface area contributed by atoms with E-state index in [1.807, 2.05) is 13.1 Å². The van der Waals surface area contributed by atoms with Crippen LogP contribution >= 0.6 is 11.8 Å². The molecule has 0 bridgehead atoms. The van der Waals surface area contributed by atoms with Gasteiger partial charge in [0, 0.05) is 25.4 Å². The highest BCUT2D eigenvalue weighted by atomic mass is 32.2. The van der Waals surface area contributed by atoms with Crippen LogP contribution in [-0.2, 0) is 0 Å². The van der Waals surface area contributed by atoms with Crippen LogP contribution in [0, 0.1) is 0 Å². The number of rotatable bonds is 7. The molecule has 0 saturated heterocycles. The molecule has 0 atom stereocenters. The zero-order valence-corrected chi connectivity index (χ0v) is 11.0. The Morgan fingerprint density at radius 3 is 2.69 bits per heavy atom. The second-order valence-electron chi connectivity index (χ2n) is 3.37. The second-order valence-corrected chi connectivity index (χ2v) is 4.48. The lowest BCUT2D eigenvalue weighted by Gasteiger charge is -2.17. The first kappa shape index (κ1) is 13.3. The van der Waals surface area contributed by atoms with Crippen molar-refractivity contribution in [1.29, 1.82) is 0 Å². The van der Waals surface area contributed by atoms with Crippen molar-refractivity contribution in [2.45, 2.75) is 18.9 Å². The van der Waals surface area contributed by atoms with E-state index in [-0.39, 0.29) is 0 Å². The lowest BCUT2D eigenvalue weighted by Crippen LogP contribution is -2.25. The normalized spacial score (nSPS) is 10.8. The van der Waals surface area contributed by atoms with Crippen LogP contribution in [0.1, 0.15) is 13.8 Å². The summed E-state index contributed by atoms with van der Waals surface area (Å²) in [5.74, 6) is 1.95. The molecule has 1 rings (SSSR count). The minimum atomic E-state index is 0.875. The van der Waals surface area contributed by atoms with Gasteiger partial charge in [0.15, 0.2) is 0 Å². The number of thioether (sulfide) groups is 1. The number of nitrogens with one attached hydrogen (secondary N) is 1. The van der Waals surface area contributed by atoms with Gasteiger partial charge in [-0.05, 0) is 13.1 Å². The Balaban J connectivity index is 2.36. The molecule has 0 radical (unpaired) electrons. The molecule has 1 heterocycles. The van der Waals surface area contributed by atoms with Crippen molar-refractivity contribution >= 4 is 17.6 Å². The van der Waals surface area contributed by atoms with Gasteiger partial charge >= 0.3 is 0 Å². The Bertz CT molecular complexity index is 302. The van der Waals surface area contributed by atoms with Crippen molar-refractivity contribution in [3.63, 3.8) is 0 Å².